The van der Waals surface area contributed by atoms with Crippen molar-refractivity contribution in [3.05, 3.63) is 35.9 Å². The van der Waals surface area contributed by atoms with Gasteiger partial charge in [-0.2, -0.15) is 0 Å². The van der Waals surface area contributed by atoms with E-state index in [4.69, 9.17) is 4.74 Å². The molecule has 1 saturated carbocycles. The fourth-order valence-corrected chi connectivity index (χ4v) is 3.59. The number of nitrogens with zero attached hydrogens (tertiary/aromatic N) is 1. The molecule has 3 atom stereocenters. The highest BCUT2D eigenvalue weighted by atomic mass is 16.5. The molecule has 0 heterocycles. The maximum atomic E-state index is 11.6. The van der Waals surface area contributed by atoms with Gasteiger partial charge >= 0.3 is 6.09 Å². The first-order chi connectivity index (χ1) is 10.8. The molecule has 1 fully saturated rings. The summed E-state index contributed by atoms with van der Waals surface area (Å²) >= 11 is 0. The first-order valence-electron chi connectivity index (χ1n) is 8.47. The molecule has 1 aliphatic rings. The maximum Gasteiger partial charge on any atom is 0.407 e. The molecule has 0 bridgehead atoms. The Morgan fingerprint density at radius 3 is 2.43 bits per heavy atom. The summed E-state index contributed by atoms with van der Waals surface area (Å²) in [5, 5.41) is 9.56. The predicted octanol–water partition coefficient (Wildman–Crippen LogP) is 4.54. The van der Waals surface area contributed by atoms with E-state index in [2.05, 4.69) is 19.1 Å². The Kier molecular flexibility index (Phi) is 5.69. The average molecular weight is 319 g/mol. The van der Waals surface area contributed by atoms with Gasteiger partial charge < -0.3 is 14.7 Å². The topological polar surface area (TPSA) is 49.8 Å². The van der Waals surface area contributed by atoms with Crippen LogP contribution in [0.15, 0.2) is 30.3 Å². The number of hydrogen-bond acceptors (Lipinski definition) is 2. The normalized spacial score (nSPS) is 25.1. The molecule has 4 heteroatoms. The van der Waals surface area contributed by atoms with Crippen LogP contribution < -0.4 is 0 Å². The van der Waals surface area contributed by atoms with E-state index >= 15 is 0 Å². The van der Waals surface area contributed by atoms with Gasteiger partial charge in [0.1, 0.15) is 0 Å². The molecule has 1 amide bonds. The van der Waals surface area contributed by atoms with E-state index in [1.807, 2.05) is 39.0 Å². The third-order valence-electron chi connectivity index (χ3n) is 4.66. The zero-order valence-corrected chi connectivity index (χ0v) is 14.7. The smallest absolute Gasteiger partial charge is 0.407 e. The minimum Gasteiger partial charge on any atom is -0.465 e. The van der Waals surface area contributed by atoms with E-state index in [9.17, 15) is 9.90 Å². The van der Waals surface area contributed by atoms with Crippen LogP contribution in [0.1, 0.15) is 52.5 Å². The Balaban J connectivity index is 1.92. The van der Waals surface area contributed by atoms with Crippen LogP contribution in [0.5, 0.6) is 0 Å². The Morgan fingerprint density at radius 2 is 1.91 bits per heavy atom. The van der Waals surface area contributed by atoms with Gasteiger partial charge in [0.05, 0.1) is 12.7 Å². The van der Waals surface area contributed by atoms with Crippen LogP contribution in [0.3, 0.4) is 0 Å². The van der Waals surface area contributed by atoms with Crippen LogP contribution in [-0.2, 0) is 11.3 Å². The molecule has 0 radical (unpaired) electrons. The number of rotatable bonds is 4. The van der Waals surface area contributed by atoms with E-state index in [0.29, 0.717) is 12.5 Å². The van der Waals surface area contributed by atoms with Gasteiger partial charge in [-0.1, -0.05) is 37.3 Å². The van der Waals surface area contributed by atoms with Gasteiger partial charge in [0, 0.05) is 11.6 Å². The zero-order valence-electron chi connectivity index (χ0n) is 14.7. The van der Waals surface area contributed by atoms with Crippen LogP contribution in [0.2, 0.25) is 0 Å². The van der Waals surface area contributed by atoms with Crippen molar-refractivity contribution < 1.29 is 14.6 Å². The lowest BCUT2D eigenvalue weighted by atomic mass is 9.82. The highest BCUT2D eigenvalue weighted by Crippen LogP contribution is 2.33. The van der Waals surface area contributed by atoms with Gasteiger partial charge in [-0.15, -0.1) is 0 Å². The van der Waals surface area contributed by atoms with Crippen molar-refractivity contribution in [1.29, 1.82) is 0 Å². The first-order valence-corrected chi connectivity index (χ1v) is 8.47. The quantitative estimate of drug-likeness (QED) is 0.886. The lowest BCUT2D eigenvalue weighted by Crippen LogP contribution is -2.53. The molecule has 3 unspecified atom stereocenters. The van der Waals surface area contributed by atoms with Gasteiger partial charge in [0.25, 0.3) is 0 Å². The van der Waals surface area contributed by atoms with Crippen LogP contribution in [-0.4, -0.2) is 33.8 Å². The summed E-state index contributed by atoms with van der Waals surface area (Å²) in [4.78, 5) is 13.3. The van der Waals surface area contributed by atoms with Crippen molar-refractivity contribution in [2.45, 2.75) is 71.2 Å². The summed E-state index contributed by atoms with van der Waals surface area (Å²) in [6, 6.07) is 10.3. The third-order valence-corrected chi connectivity index (χ3v) is 4.66. The second kappa shape index (κ2) is 7.35. The molecule has 0 saturated heterocycles. The molecule has 4 nitrogen and oxygen atoms in total. The fourth-order valence-electron chi connectivity index (χ4n) is 3.59. The third kappa shape index (κ3) is 4.71. The van der Waals surface area contributed by atoms with Crippen molar-refractivity contribution in [1.82, 2.24) is 4.90 Å². The lowest BCUT2D eigenvalue weighted by Gasteiger charge is -2.44. The molecule has 0 aliphatic heterocycles. The van der Waals surface area contributed by atoms with Gasteiger partial charge in [0.2, 0.25) is 0 Å². The summed E-state index contributed by atoms with van der Waals surface area (Å²) in [6.07, 6.45) is 2.04. The fraction of sp³-hybridized carbons (Fsp3) is 0.632. The zero-order chi connectivity index (χ0) is 17.0. The van der Waals surface area contributed by atoms with Gasteiger partial charge in [-0.3, -0.25) is 0 Å². The molecular formula is C19H29NO3. The summed E-state index contributed by atoms with van der Waals surface area (Å²) in [7, 11) is 0. The Hall–Kier alpha value is -1.55. The molecular weight excluding hydrogens is 290 g/mol. The minimum atomic E-state index is -0.821. The predicted molar refractivity (Wildman–Crippen MR) is 91.4 cm³/mol. The van der Waals surface area contributed by atoms with Crippen molar-refractivity contribution in [3.8, 4) is 0 Å². The molecule has 2 rings (SSSR count). The molecule has 1 aliphatic carbocycles. The minimum absolute atomic E-state index is 0.0825. The lowest BCUT2D eigenvalue weighted by molar-refractivity contribution is -0.0429. The average Bonchev–Trinajstić information content (AvgIpc) is 2.45. The molecule has 128 valence electrons. The molecule has 0 spiro atoms. The molecule has 1 aromatic carbocycles. The highest BCUT2D eigenvalue weighted by molar-refractivity contribution is 5.66. The number of carbonyl (C=O) groups is 1. The van der Waals surface area contributed by atoms with E-state index < -0.39 is 6.09 Å². The number of ether oxygens (including phenoxy) is 1. The van der Waals surface area contributed by atoms with Crippen molar-refractivity contribution in [2.75, 3.05) is 0 Å². The Morgan fingerprint density at radius 1 is 1.26 bits per heavy atom. The van der Waals surface area contributed by atoms with Crippen LogP contribution >= 0.6 is 0 Å². The van der Waals surface area contributed by atoms with Crippen LogP contribution in [0.25, 0.3) is 0 Å². The number of amides is 1. The Labute approximate surface area is 139 Å². The molecule has 0 aromatic heterocycles. The number of carboxylic acid groups (broad SMARTS) is 1. The highest BCUT2D eigenvalue weighted by Gasteiger charge is 2.38. The largest absolute Gasteiger partial charge is 0.465 e. The first kappa shape index (κ1) is 17.8. The SMILES string of the molecule is CC1CC(N(C(=O)O)C(C)(C)C)CCC1OCc1ccccc1. The standard InChI is InChI=1S/C19H29NO3/c1-14-12-16(20(18(21)22)19(2,3)4)10-11-17(14)23-13-15-8-6-5-7-9-15/h5-9,14,16-17H,10-13H2,1-4H3,(H,21,22). The van der Waals surface area contributed by atoms with E-state index in [-0.39, 0.29) is 17.7 Å². The second-order valence-corrected chi connectivity index (χ2v) is 7.60. The molecule has 1 N–H and O–H groups in total. The number of benzene rings is 1. The summed E-state index contributed by atoms with van der Waals surface area (Å²) in [6.45, 7) is 8.68. The summed E-state index contributed by atoms with van der Waals surface area (Å²) in [5.41, 5.74) is 0.817. The number of hydrogen-bond donors (Lipinski definition) is 1. The van der Waals surface area contributed by atoms with Crippen molar-refractivity contribution in [3.63, 3.8) is 0 Å². The van der Waals surface area contributed by atoms with Crippen molar-refractivity contribution in [2.24, 2.45) is 5.92 Å². The van der Waals surface area contributed by atoms with E-state index in [0.717, 1.165) is 19.3 Å². The second-order valence-electron chi connectivity index (χ2n) is 7.60. The summed E-state index contributed by atoms with van der Waals surface area (Å²) < 4.78 is 6.09. The van der Waals surface area contributed by atoms with Crippen LogP contribution in [0, 0.1) is 5.92 Å². The summed E-state index contributed by atoms with van der Waals surface area (Å²) in [5.74, 6) is 0.363. The van der Waals surface area contributed by atoms with Gasteiger partial charge in [-0.25, -0.2) is 4.79 Å². The molecule has 1 aromatic rings. The van der Waals surface area contributed by atoms with Crippen molar-refractivity contribution >= 4 is 6.09 Å². The molecule has 23 heavy (non-hydrogen) atoms. The van der Waals surface area contributed by atoms with Crippen LogP contribution in [0.4, 0.5) is 4.79 Å². The Bertz CT molecular complexity index is 509. The van der Waals surface area contributed by atoms with E-state index in [1.54, 1.807) is 4.90 Å². The van der Waals surface area contributed by atoms with Gasteiger partial charge in [-0.05, 0) is 51.5 Å². The monoisotopic (exact) mass is 319 g/mol. The van der Waals surface area contributed by atoms with E-state index in [1.165, 1.54) is 5.56 Å². The maximum absolute atomic E-state index is 11.6. The van der Waals surface area contributed by atoms with Gasteiger partial charge in [0.15, 0.2) is 0 Å².